The van der Waals surface area contributed by atoms with Crippen molar-refractivity contribution in [3.05, 3.63) is 0 Å². The first-order valence-electron chi connectivity index (χ1n) is 0. The van der Waals surface area contributed by atoms with E-state index in [9.17, 15) is 0 Å². The van der Waals surface area contributed by atoms with Gasteiger partial charge in [-0.25, -0.2) is 0 Å². The summed E-state index contributed by atoms with van der Waals surface area (Å²) in [5.74, 6) is 0. The van der Waals surface area contributed by atoms with Crippen LogP contribution in [-0.2, 0) is 17.4 Å². The summed E-state index contributed by atoms with van der Waals surface area (Å²) in [7, 11) is 0. The van der Waals surface area contributed by atoms with Gasteiger partial charge in [-0.1, -0.05) is 0 Å². The van der Waals surface area contributed by atoms with Crippen LogP contribution in [0.5, 0.6) is 0 Å². The second-order valence-corrected chi connectivity index (χ2v) is 0. The van der Waals surface area contributed by atoms with Crippen LogP contribution in [0.1, 0.15) is 0 Å². The molecule has 0 bridgehead atoms. The summed E-state index contributed by atoms with van der Waals surface area (Å²) < 4.78 is 0. The molecule has 0 aliphatic carbocycles. The van der Waals surface area contributed by atoms with Crippen molar-refractivity contribution in [2.75, 3.05) is 0 Å². The van der Waals surface area contributed by atoms with Gasteiger partial charge in [-0.05, 0) is 0 Å². The molecule has 0 heterocycles. The molecule has 0 aromatic heterocycles. The van der Waals surface area contributed by atoms with Crippen molar-refractivity contribution in [2.24, 2.45) is 0 Å². The third kappa shape index (κ3) is 198. The van der Waals surface area contributed by atoms with Crippen LogP contribution >= 0.6 is 0 Å². The Labute approximate surface area is 80.3 Å². The first-order valence-corrected chi connectivity index (χ1v) is 0. The van der Waals surface area contributed by atoms with Crippen molar-refractivity contribution in [1.82, 2.24) is 36.9 Å². The van der Waals surface area contributed by atoms with E-state index in [1.165, 1.54) is 0 Å². The van der Waals surface area contributed by atoms with E-state index in [0.29, 0.717) is 0 Å². The molecule has 0 radical (unpaired) electrons. The molecular formula is H21BiCrN6. The van der Waals surface area contributed by atoms with E-state index in [4.69, 9.17) is 0 Å². The molecular weight excluding hydrogens is 345 g/mol. The molecule has 0 unspecified atom stereocenters. The third-order valence-electron chi connectivity index (χ3n) is 0. The molecule has 18 N–H and O–H groups in total. The zero-order valence-corrected chi connectivity index (χ0v) is 12.1. The summed E-state index contributed by atoms with van der Waals surface area (Å²) in [5, 5.41) is 0. The van der Waals surface area contributed by atoms with Crippen molar-refractivity contribution in [3.8, 4) is 0 Å². The van der Waals surface area contributed by atoms with Crippen LogP contribution in [0, 0.1) is 0 Å². The van der Waals surface area contributed by atoms with Gasteiger partial charge in [0.05, 0.1) is 0 Å². The Morgan fingerprint density at radius 2 is 0.375 bits per heavy atom. The van der Waals surface area contributed by atoms with Crippen LogP contribution in [0.15, 0.2) is 0 Å². The molecule has 8 heteroatoms. The maximum atomic E-state index is 0. The van der Waals surface area contributed by atoms with E-state index in [1.807, 2.05) is 0 Å². The average Bonchev–Trinajstić information content (AvgIpc) is 0. The molecule has 0 saturated heterocycles. The topological polar surface area (TPSA) is 210 Å². The Balaban J connectivity index is 0. The van der Waals surface area contributed by atoms with Crippen molar-refractivity contribution < 1.29 is 17.4 Å². The van der Waals surface area contributed by atoms with E-state index in [2.05, 4.69) is 0 Å². The molecule has 62 valence electrons. The Morgan fingerprint density at radius 1 is 0.375 bits per heavy atom. The second kappa shape index (κ2) is 305. The molecule has 0 aromatic carbocycles. The maximum absolute atomic E-state index is 0. The third-order valence-corrected chi connectivity index (χ3v) is 0. The zero-order valence-electron chi connectivity index (χ0n) is 5.36. The Kier molecular flexibility index (Phi) is 16900. The molecule has 0 fully saturated rings. The maximum Gasteiger partial charge on any atom is 0 e. The quantitative estimate of drug-likeness (QED) is 0.319. The number of hydrogen-bond acceptors (Lipinski definition) is 6. The van der Waals surface area contributed by atoms with Crippen molar-refractivity contribution >= 4 is 26.2 Å². The van der Waals surface area contributed by atoms with Gasteiger partial charge in [-0.2, -0.15) is 0 Å². The zero-order chi connectivity index (χ0) is 0. The summed E-state index contributed by atoms with van der Waals surface area (Å²) in [5.41, 5.74) is 0. The van der Waals surface area contributed by atoms with E-state index in [1.54, 1.807) is 0 Å². The first kappa shape index (κ1) is 444. The van der Waals surface area contributed by atoms with E-state index >= 15 is 0 Å². The van der Waals surface area contributed by atoms with Crippen LogP contribution < -0.4 is 36.9 Å². The van der Waals surface area contributed by atoms with Gasteiger partial charge in [0.15, 0.2) is 0 Å². The summed E-state index contributed by atoms with van der Waals surface area (Å²) in [6.45, 7) is 0. The minimum absolute atomic E-state index is 0. The predicted molar refractivity (Wildman–Crippen MR) is 40.1 cm³/mol. The van der Waals surface area contributed by atoms with Crippen LogP contribution in [0.3, 0.4) is 0 Å². The number of rotatable bonds is 0. The molecule has 0 aromatic rings. The van der Waals surface area contributed by atoms with Crippen LogP contribution in [-0.4, -0.2) is 26.2 Å². The van der Waals surface area contributed by atoms with Gasteiger partial charge in [0, 0.05) is 17.4 Å². The minimum atomic E-state index is 0. The van der Waals surface area contributed by atoms with Crippen LogP contribution in [0.25, 0.3) is 0 Å². The van der Waals surface area contributed by atoms with Gasteiger partial charge in [0.1, 0.15) is 0 Å². The Morgan fingerprint density at radius 3 is 0.375 bits per heavy atom. The molecule has 0 rings (SSSR count). The van der Waals surface area contributed by atoms with Gasteiger partial charge in [-0.3, -0.25) is 0 Å². The fourth-order valence-electron chi connectivity index (χ4n) is 0. The summed E-state index contributed by atoms with van der Waals surface area (Å²) in [4.78, 5) is 0. The largest absolute Gasteiger partial charge is 0 e. The molecule has 0 aliphatic rings. The molecule has 0 saturated carbocycles. The molecule has 0 aliphatic heterocycles. The summed E-state index contributed by atoms with van der Waals surface area (Å²) in [6, 6.07) is 0. The summed E-state index contributed by atoms with van der Waals surface area (Å²) in [6.07, 6.45) is 0. The van der Waals surface area contributed by atoms with Crippen LogP contribution in [0.2, 0.25) is 0 Å². The van der Waals surface area contributed by atoms with Gasteiger partial charge in [-0.15, -0.1) is 0 Å². The standard InChI is InChI=1S/Bi.Cr.6H3N.3H/h;;6*1H3;;;. The average molecular weight is 366 g/mol. The Bertz CT molecular complexity index is 8.49. The molecule has 0 spiro atoms. The predicted octanol–water partition coefficient (Wildman–Crippen LogP) is -0.214. The Hall–Kier alpha value is 1.18. The van der Waals surface area contributed by atoms with Gasteiger partial charge >= 0.3 is 26.2 Å². The fraction of sp³-hybridized carbons (Fsp3) is 0. The van der Waals surface area contributed by atoms with E-state index in [0.717, 1.165) is 0 Å². The minimum Gasteiger partial charge on any atom is 0 e. The second-order valence-electron chi connectivity index (χ2n) is 0. The molecule has 0 atom stereocenters. The van der Waals surface area contributed by atoms with Crippen LogP contribution in [0.4, 0.5) is 0 Å². The fourth-order valence-corrected chi connectivity index (χ4v) is 0. The van der Waals surface area contributed by atoms with Gasteiger partial charge in [0.25, 0.3) is 0 Å². The molecule has 8 heavy (non-hydrogen) atoms. The van der Waals surface area contributed by atoms with Crippen molar-refractivity contribution in [2.45, 2.75) is 0 Å². The molecule has 6 nitrogen and oxygen atoms in total. The van der Waals surface area contributed by atoms with E-state index < -0.39 is 0 Å². The van der Waals surface area contributed by atoms with Crippen molar-refractivity contribution in [1.29, 1.82) is 0 Å². The SMILES string of the molecule is N.N.N.N.N.N.[BiH3].[Cr]. The smallest absolute Gasteiger partial charge is 0 e. The van der Waals surface area contributed by atoms with Gasteiger partial charge in [0.2, 0.25) is 0 Å². The monoisotopic (exact) mass is 366 g/mol. The van der Waals surface area contributed by atoms with Gasteiger partial charge < -0.3 is 36.9 Å². The summed E-state index contributed by atoms with van der Waals surface area (Å²) >= 11 is 0. The molecule has 0 amide bonds. The first-order chi connectivity index (χ1) is 0. The normalized spacial score (nSPS) is 0. The van der Waals surface area contributed by atoms with Crippen molar-refractivity contribution in [3.63, 3.8) is 0 Å². The number of hydrogen-bond donors (Lipinski definition) is 6. The van der Waals surface area contributed by atoms with E-state index in [-0.39, 0.29) is 80.5 Å².